The number of rotatable bonds is 5. The van der Waals surface area contributed by atoms with Gasteiger partial charge in [-0.2, -0.15) is 0 Å². The van der Waals surface area contributed by atoms with Crippen LogP contribution in [0.3, 0.4) is 0 Å². The van der Waals surface area contributed by atoms with Gasteiger partial charge in [0.2, 0.25) is 0 Å². The summed E-state index contributed by atoms with van der Waals surface area (Å²) in [5.41, 5.74) is 5.58. The molecule has 1 saturated carbocycles. The van der Waals surface area contributed by atoms with E-state index in [1.54, 1.807) is 18.2 Å². The van der Waals surface area contributed by atoms with Crippen molar-refractivity contribution in [3.63, 3.8) is 0 Å². The number of nitrogen functional groups attached to an aromatic ring is 1. The molecule has 4 N–H and O–H groups in total. The fourth-order valence-electron chi connectivity index (χ4n) is 2.72. The van der Waals surface area contributed by atoms with Crippen molar-refractivity contribution in [2.45, 2.75) is 25.7 Å². The third kappa shape index (κ3) is 3.09. The van der Waals surface area contributed by atoms with Crippen LogP contribution in [0.25, 0.3) is 0 Å². The summed E-state index contributed by atoms with van der Waals surface area (Å²) in [4.78, 5) is 23.7. The fourth-order valence-corrected chi connectivity index (χ4v) is 2.72. The van der Waals surface area contributed by atoms with E-state index in [-0.39, 0.29) is 12.5 Å². The Kier molecular flexibility index (Phi) is 4.35. The monoisotopic (exact) mass is 292 g/mol. The number of aliphatic carboxylic acids is 1. The maximum absolute atomic E-state index is 12.2. The van der Waals surface area contributed by atoms with Crippen molar-refractivity contribution in [1.82, 2.24) is 5.32 Å². The number of methoxy groups -OCH3 is 1. The molecule has 1 aliphatic rings. The maximum Gasteiger partial charge on any atom is 0.311 e. The number of carbonyl (C=O) groups excluding carboxylic acids is 1. The normalized spacial score (nSPS) is 16.4. The molecule has 114 valence electrons. The van der Waals surface area contributed by atoms with Crippen LogP contribution >= 0.6 is 0 Å². The Hall–Kier alpha value is -2.24. The number of carboxylic acid groups (broad SMARTS) is 1. The third-order valence-corrected chi connectivity index (χ3v) is 4.11. The summed E-state index contributed by atoms with van der Waals surface area (Å²) < 4.78 is 5.07. The smallest absolute Gasteiger partial charge is 0.311 e. The van der Waals surface area contributed by atoms with Gasteiger partial charge in [0.05, 0.1) is 18.1 Å². The minimum atomic E-state index is -0.848. The lowest BCUT2D eigenvalue weighted by Crippen LogP contribution is -2.41. The number of nitrogens with two attached hydrogens (primary N) is 1. The SMILES string of the molecule is COc1ccc(N)c(C(=O)NCC2(C(=O)O)CCCC2)c1. The Bertz CT molecular complexity index is 551. The Balaban J connectivity index is 2.09. The maximum atomic E-state index is 12.2. The highest BCUT2D eigenvalue weighted by Gasteiger charge is 2.41. The van der Waals surface area contributed by atoms with Gasteiger partial charge in [-0.3, -0.25) is 9.59 Å². The van der Waals surface area contributed by atoms with Crippen molar-refractivity contribution in [2.75, 3.05) is 19.4 Å². The highest BCUT2D eigenvalue weighted by molar-refractivity contribution is 5.99. The molecule has 6 heteroatoms. The van der Waals surface area contributed by atoms with Crippen molar-refractivity contribution < 1.29 is 19.4 Å². The topological polar surface area (TPSA) is 102 Å². The third-order valence-electron chi connectivity index (χ3n) is 4.11. The number of ether oxygens (including phenoxy) is 1. The molecule has 1 aromatic carbocycles. The van der Waals surface area contributed by atoms with Gasteiger partial charge in [-0.25, -0.2) is 0 Å². The molecule has 0 saturated heterocycles. The Morgan fingerprint density at radius 2 is 2.05 bits per heavy atom. The predicted octanol–water partition coefficient (Wildman–Crippen LogP) is 1.65. The number of carboxylic acids is 1. The summed E-state index contributed by atoms with van der Waals surface area (Å²) in [5.74, 6) is -0.694. The number of hydrogen-bond donors (Lipinski definition) is 3. The highest BCUT2D eigenvalue weighted by atomic mass is 16.5. The number of nitrogens with one attached hydrogen (secondary N) is 1. The molecule has 0 bridgehead atoms. The van der Waals surface area contributed by atoms with E-state index in [0.717, 1.165) is 12.8 Å². The predicted molar refractivity (Wildman–Crippen MR) is 78.3 cm³/mol. The zero-order valence-electron chi connectivity index (χ0n) is 12.0. The molecule has 0 atom stereocenters. The molecule has 1 fully saturated rings. The van der Waals surface area contributed by atoms with E-state index in [0.29, 0.717) is 29.8 Å². The van der Waals surface area contributed by atoms with E-state index < -0.39 is 11.4 Å². The molecule has 1 aromatic rings. The van der Waals surface area contributed by atoms with Gasteiger partial charge in [0, 0.05) is 12.2 Å². The van der Waals surface area contributed by atoms with Crippen molar-refractivity contribution >= 4 is 17.6 Å². The molecular formula is C15H20N2O4. The van der Waals surface area contributed by atoms with Crippen molar-refractivity contribution in [1.29, 1.82) is 0 Å². The standard InChI is InChI=1S/C15H20N2O4/c1-21-10-4-5-12(16)11(8-10)13(18)17-9-15(14(19)20)6-2-3-7-15/h4-5,8H,2-3,6-7,9,16H2,1H3,(H,17,18)(H,19,20). The second-order valence-corrected chi connectivity index (χ2v) is 5.43. The summed E-state index contributed by atoms with van der Waals surface area (Å²) in [6, 6.07) is 4.81. The second-order valence-electron chi connectivity index (χ2n) is 5.43. The number of amides is 1. The van der Waals surface area contributed by atoms with Gasteiger partial charge >= 0.3 is 5.97 Å². The number of benzene rings is 1. The highest BCUT2D eigenvalue weighted by Crippen LogP contribution is 2.37. The van der Waals surface area contributed by atoms with Gasteiger partial charge in [-0.05, 0) is 31.0 Å². The lowest BCUT2D eigenvalue weighted by atomic mass is 9.86. The van der Waals surface area contributed by atoms with Crippen LogP contribution in [0.1, 0.15) is 36.0 Å². The molecule has 1 amide bonds. The van der Waals surface area contributed by atoms with Crippen molar-refractivity contribution in [2.24, 2.45) is 5.41 Å². The summed E-state index contributed by atoms with van der Waals surface area (Å²) in [6.07, 6.45) is 2.94. The molecule has 6 nitrogen and oxygen atoms in total. The molecule has 21 heavy (non-hydrogen) atoms. The Morgan fingerprint density at radius 3 is 2.62 bits per heavy atom. The molecular weight excluding hydrogens is 272 g/mol. The van der Waals surface area contributed by atoms with Gasteiger partial charge < -0.3 is 20.9 Å². The Morgan fingerprint density at radius 1 is 1.38 bits per heavy atom. The molecule has 0 radical (unpaired) electrons. The number of carbonyl (C=O) groups is 2. The lowest BCUT2D eigenvalue weighted by molar-refractivity contribution is -0.148. The van der Waals surface area contributed by atoms with Gasteiger partial charge in [-0.1, -0.05) is 12.8 Å². The lowest BCUT2D eigenvalue weighted by Gasteiger charge is -2.24. The summed E-state index contributed by atoms with van der Waals surface area (Å²) in [6.45, 7) is 0.123. The summed E-state index contributed by atoms with van der Waals surface area (Å²) in [7, 11) is 1.51. The zero-order valence-corrected chi connectivity index (χ0v) is 12.0. The van der Waals surface area contributed by atoms with E-state index in [1.165, 1.54) is 7.11 Å². The van der Waals surface area contributed by atoms with Crippen molar-refractivity contribution in [3.8, 4) is 5.75 Å². The Labute approximate surface area is 123 Å². The fraction of sp³-hybridized carbons (Fsp3) is 0.467. The first-order valence-electron chi connectivity index (χ1n) is 6.94. The van der Waals surface area contributed by atoms with E-state index in [2.05, 4.69) is 5.32 Å². The molecule has 2 rings (SSSR count). The van der Waals surface area contributed by atoms with Crippen LogP contribution in [0, 0.1) is 5.41 Å². The number of anilines is 1. The van der Waals surface area contributed by atoms with Gasteiger partial charge in [-0.15, -0.1) is 0 Å². The molecule has 0 aliphatic heterocycles. The second kappa shape index (κ2) is 6.03. The van der Waals surface area contributed by atoms with Crippen LogP contribution in [0.2, 0.25) is 0 Å². The van der Waals surface area contributed by atoms with E-state index in [9.17, 15) is 14.7 Å². The minimum absolute atomic E-state index is 0.123. The van der Waals surface area contributed by atoms with Crippen LogP contribution < -0.4 is 15.8 Å². The van der Waals surface area contributed by atoms with E-state index in [1.807, 2.05) is 0 Å². The zero-order chi connectivity index (χ0) is 15.5. The van der Waals surface area contributed by atoms with Gasteiger partial charge in [0.25, 0.3) is 5.91 Å². The first kappa shape index (κ1) is 15.2. The quantitative estimate of drug-likeness (QED) is 0.716. The molecule has 0 unspecified atom stereocenters. The number of hydrogen-bond acceptors (Lipinski definition) is 4. The van der Waals surface area contributed by atoms with Crippen LogP contribution in [0.15, 0.2) is 18.2 Å². The largest absolute Gasteiger partial charge is 0.497 e. The van der Waals surface area contributed by atoms with Crippen LogP contribution in [-0.2, 0) is 4.79 Å². The van der Waals surface area contributed by atoms with Crippen LogP contribution in [0.5, 0.6) is 5.75 Å². The van der Waals surface area contributed by atoms with Crippen molar-refractivity contribution in [3.05, 3.63) is 23.8 Å². The molecule has 0 aromatic heterocycles. The average molecular weight is 292 g/mol. The van der Waals surface area contributed by atoms with E-state index in [4.69, 9.17) is 10.5 Å². The van der Waals surface area contributed by atoms with Gasteiger partial charge in [0.15, 0.2) is 0 Å². The van der Waals surface area contributed by atoms with Gasteiger partial charge in [0.1, 0.15) is 5.75 Å². The van der Waals surface area contributed by atoms with Crippen LogP contribution in [0.4, 0.5) is 5.69 Å². The summed E-state index contributed by atoms with van der Waals surface area (Å²) >= 11 is 0. The molecule has 1 aliphatic carbocycles. The van der Waals surface area contributed by atoms with E-state index >= 15 is 0 Å². The first-order chi connectivity index (χ1) is 9.98. The van der Waals surface area contributed by atoms with Crippen LogP contribution in [-0.4, -0.2) is 30.6 Å². The minimum Gasteiger partial charge on any atom is -0.497 e. The molecule has 0 heterocycles. The first-order valence-corrected chi connectivity index (χ1v) is 6.94. The average Bonchev–Trinajstić information content (AvgIpc) is 2.95. The summed E-state index contributed by atoms with van der Waals surface area (Å²) in [5, 5.41) is 12.1. The molecule has 0 spiro atoms.